The Balaban J connectivity index is 1.55. The largest absolute Gasteiger partial charge is 0.508 e. The monoisotopic (exact) mass is 863 g/mol. The zero-order valence-electron chi connectivity index (χ0n) is 36.9. The molecule has 0 radical (unpaired) electrons. The molecule has 340 valence electrons. The summed E-state index contributed by atoms with van der Waals surface area (Å²) in [6, 6.07) is -1.52. The summed E-state index contributed by atoms with van der Waals surface area (Å²) < 4.78 is 40.4. The van der Waals surface area contributed by atoms with Crippen molar-refractivity contribution in [2.45, 2.75) is 174 Å². The molecular formula is C43H61NO17. The van der Waals surface area contributed by atoms with E-state index in [-0.39, 0.29) is 24.2 Å². The Bertz CT molecular complexity index is 1890. The predicted octanol–water partition coefficient (Wildman–Crippen LogP) is 3.22. The van der Waals surface area contributed by atoms with E-state index in [9.17, 15) is 44.1 Å². The number of carbonyl (C=O) groups is 7. The van der Waals surface area contributed by atoms with E-state index in [4.69, 9.17) is 33.2 Å². The highest BCUT2D eigenvalue weighted by molar-refractivity contribution is 6.03. The number of imide groups is 1. The fourth-order valence-corrected chi connectivity index (χ4v) is 11.0. The smallest absolute Gasteiger partial charge is 0.459 e. The number of esters is 3. The van der Waals surface area contributed by atoms with Gasteiger partial charge in [-0.2, -0.15) is 0 Å². The van der Waals surface area contributed by atoms with Crippen molar-refractivity contribution in [3.05, 3.63) is 11.1 Å². The lowest BCUT2D eigenvalue weighted by atomic mass is 9.44. The van der Waals surface area contributed by atoms with Crippen molar-refractivity contribution in [3.8, 4) is 0 Å². The number of fused-ring (bicyclic) bond motifs is 5. The highest BCUT2D eigenvalue weighted by Crippen LogP contribution is 2.64. The van der Waals surface area contributed by atoms with E-state index in [0.717, 1.165) is 33.3 Å². The predicted molar refractivity (Wildman–Crippen MR) is 208 cm³/mol. The van der Waals surface area contributed by atoms with Crippen LogP contribution in [-0.4, -0.2) is 135 Å². The molecule has 11 atom stereocenters. The number of aliphatic hydroxyl groups excluding tert-OH is 2. The van der Waals surface area contributed by atoms with Crippen molar-refractivity contribution >= 4 is 41.8 Å². The van der Waals surface area contributed by atoms with E-state index >= 15 is 4.79 Å². The number of methoxy groups -OCH3 is 1. The molecule has 5 fully saturated rings. The molecule has 18 heteroatoms. The van der Waals surface area contributed by atoms with E-state index in [1.807, 2.05) is 0 Å². The number of ether oxygens (including phenoxy) is 7. The number of nitrogens with zero attached hydrogens (tertiary/aromatic N) is 1. The third-order valence-electron chi connectivity index (χ3n) is 14.5. The van der Waals surface area contributed by atoms with E-state index in [1.54, 1.807) is 34.6 Å². The van der Waals surface area contributed by atoms with Crippen LogP contribution in [0.3, 0.4) is 0 Å². The van der Waals surface area contributed by atoms with Crippen LogP contribution in [0.15, 0.2) is 11.1 Å². The molecule has 4 aliphatic carbocycles. The average molecular weight is 864 g/mol. The van der Waals surface area contributed by atoms with Crippen LogP contribution in [0.1, 0.15) is 114 Å². The molecule has 18 nitrogen and oxygen atoms in total. The SMILES string of the molecule is COC(=O)O[C@@]12CO[C@@H]1CC(O)[C@@]1(C)C(=O)[C@H](OC(C)=O)C3=C(C)[C@H](OC(=O)[C@H](O)[C@@H](N4C(=O)OC(C)(C)C4=O)C(C)(C)C)C[C@@](O)([C@@H](OC(=O)C4CCCCC4)C12)C3(C)C. The summed E-state index contributed by atoms with van der Waals surface area (Å²) in [7, 11) is 1.07. The summed E-state index contributed by atoms with van der Waals surface area (Å²) in [6.45, 7) is 14.2. The maximum Gasteiger partial charge on any atom is 0.508 e. The molecule has 0 aromatic rings. The van der Waals surface area contributed by atoms with Crippen molar-refractivity contribution in [1.29, 1.82) is 0 Å². The number of amides is 2. The molecule has 3 N–H and O–H groups in total. The Kier molecular flexibility index (Phi) is 11.9. The van der Waals surface area contributed by atoms with Crippen LogP contribution in [0, 0.1) is 28.1 Å². The lowest BCUT2D eigenvalue weighted by molar-refractivity contribution is -0.346. The van der Waals surface area contributed by atoms with E-state index in [0.29, 0.717) is 17.7 Å². The Morgan fingerprint density at radius 2 is 1.57 bits per heavy atom. The Morgan fingerprint density at radius 1 is 0.951 bits per heavy atom. The number of hydrogen-bond acceptors (Lipinski definition) is 17. The van der Waals surface area contributed by atoms with Gasteiger partial charge in [0.1, 0.15) is 23.9 Å². The summed E-state index contributed by atoms with van der Waals surface area (Å²) in [5.41, 5.74) is -10.6. The minimum atomic E-state index is -2.40. The van der Waals surface area contributed by atoms with Gasteiger partial charge < -0.3 is 48.5 Å². The summed E-state index contributed by atoms with van der Waals surface area (Å²) in [4.78, 5) is 97.5. The molecule has 2 saturated heterocycles. The normalized spacial score (nSPS) is 36.8. The summed E-state index contributed by atoms with van der Waals surface area (Å²) >= 11 is 0. The van der Waals surface area contributed by atoms with Gasteiger partial charge in [0.25, 0.3) is 5.91 Å². The topological polar surface area (TPSA) is 248 Å². The lowest BCUT2D eigenvalue weighted by Crippen LogP contribution is -2.82. The van der Waals surface area contributed by atoms with Crippen LogP contribution >= 0.6 is 0 Å². The van der Waals surface area contributed by atoms with E-state index in [2.05, 4.69) is 0 Å². The zero-order valence-corrected chi connectivity index (χ0v) is 36.9. The first-order chi connectivity index (χ1) is 28.1. The standard InChI is InChI=1S/C43H61NO17/c1-20-23(58-34(50)27(47)30(38(3,4)5)44-35(51)40(8,9)60-36(44)52)18-43(54)32(59-33(49)22-15-13-12-14-16-22)29-41(10,31(48)28(57-21(2)45)26(20)39(43,6)7)24(46)17-25-42(29,19-56-25)61-37(53)55-11/h22-25,27-30,32,46-47,54H,12-19H2,1-11H3/t23-,24?,25-,27-,28-,29?,30-,32+,41-,42+,43-/m1/s1. The first kappa shape index (κ1) is 46.4. The van der Waals surface area contributed by atoms with Crippen LogP contribution in [0.5, 0.6) is 0 Å². The highest BCUT2D eigenvalue weighted by Gasteiger charge is 2.78. The van der Waals surface area contributed by atoms with Crippen molar-refractivity contribution < 1.29 is 82.0 Å². The van der Waals surface area contributed by atoms with Gasteiger partial charge in [-0.25, -0.2) is 19.3 Å². The second-order valence-corrected chi connectivity index (χ2v) is 20.0. The van der Waals surface area contributed by atoms with Crippen molar-refractivity contribution in [2.75, 3.05) is 13.7 Å². The molecule has 2 unspecified atom stereocenters. The fourth-order valence-electron chi connectivity index (χ4n) is 11.0. The van der Waals surface area contributed by atoms with Crippen LogP contribution in [0.4, 0.5) is 9.59 Å². The van der Waals surface area contributed by atoms with E-state index < -0.39 is 136 Å². The minimum Gasteiger partial charge on any atom is -0.459 e. The van der Waals surface area contributed by atoms with Gasteiger partial charge in [0.15, 0.2) is 29.2 Å². The Labute approximate surface area is 354 Å². The van der Waals surface area contributed by atoms with Crippen LogP contribution in [-0.2, 0) is 57.1 Å². The van der Waals surface area contributed by atoms with Crippen molar-refractivity contribution in [1.82, 2.24) is 4.90 Å². The summed E-state index contributed by atoms with van der Waals surface area (Å²) in [6.07, 6.45) is -9.83. The number of rotatable bonds is 8. The van der Waals surface area contributed by atoms with Gasteiger partial charge >= 0.3 is 30.2 Å². The lowest BCUT2D eigenvalue weighted by Gasteiger charge is -2.67. The van der Waals surface area contributed by atoms with Crippen molar-refractivity contribution in [2.24, 2.45) is 28.1 Å². The van der Waals surface area contributed by atoms with Gasteiger partial charge in [-0.15, -0.1) is 0 Å². The molecule has 6 rings (SSSR count). The Morgan fingerprint density at radius 3 is 2.08 bits per heavy atom. The first-order valence-electron chi connectivity index (χ1n) is 21.0. The number of hydrogen-bond donors (Lipinski definition) is 3. The van der Waals surface area contributed by atoms with Gasteiger partial charge in [0.2, 0.25) is 0 Å². The van der Waals surface area contributed by atoms with Gasteiger partial charge in [0.05, 0.1) is 43.1 Å². The Hall–Kier alpha value is -4.13. The number of Topliss-reactive ketones (excluding diaryl/α,β-unsaturated/α-hetero) is 1. The third kappa shape index (κ3) is 7.22. The average Bonchev–Trinajstić information content (AvgIpc) is 3.36. The second kappa shape index (κ2) is 15.6. The molecule has 6 aliphatic rings. The van der Waals surface area contributed by atoms with Gasteiger partial charge in [0, 0.05) is 25.2 Å². The number of ketones is 1. The quantitative estimate of drug-likeness (QED) is 0.180. The summed E-state index contributed by atoms with van der Waals surface area (Å²) in [5.74, 6) is -6.83. The molecule has 3 saturated carbocycles. The molecule has 2 amide bonds. The molecule has 0 aromatic carbocycles. The molecule has 2 aliphatic heterocycles. The third-order valence-corrected chi connectivity index (χ3v) is 14.5. The summed E-state index contributed by atoms with van der Waals surface area (Å²) in [5, 5.41) is 37.6. The van der Waals surface area contributed by atoms with Gasteiger partial charge in [-0.1, -0.05) is 53.9 Å². The molecule has 0 aromatic heterocycles. The maximum atomic E-state index is 15.5. The highest BCUT2D eigenvalue weighted by atomic mass is 16.8. The van der Waals surface area contributed by atoms with E-state index in [1.165, 1.54) is 27.7 Å². The molecule has 2 heterocycles. The number of aliphatic hydroxyl groups is 3. The molecule has 61 heavy (non-hydrogen) atoms. The molecule has 0 spiro atoms. The zero-order chi connectivity index (χ0) is 45.6. The van der Waals surface area contributed by atoms with Gasteiger partial charge in [-0.3, -0.25) is 19.2 Å². The second-order valence-electron chi connectivity index (χ2n) is 20.0. The fraction of sp³-hybridized carbons (Fsp3) is 0.791. The van der Waals surface area contributed by atoms with Crippen LogP contribution < -0.4 is 0 Å². The van der Waals surface area contributed by atoms with Crippen molar-refractivity contribution in [3.63, 3.8) is 0 Å². The maximum absolute atomic E-state index is 15.5. The van der Waals surface area contributed by atoms with Gasteiger partial charge in [-0.05, 0) is 57.1 Å². The number of carbonyl (C=O) groups excluding carboxylic acids is 7. The molecule has 2 bridgehead atoms. The minimum absolute atomic E-state index is 0.0262. The molecular weight excluding hydrogens is 802 g/mol. The van der Waals surface area contributed by atoms with Crippen LogP contribution in [0.2, 0.25) is 0 Å². The van der Waals surface area contributed by atoms with Crippen LogP contribution in [0.25, 0.3) is 0 Å². The first-order valence-corrected chi connectivity index (χ1v) is 21.0. The number of cyclic esters (lactones) is 1.